The van der Waals surface area contributed by atoms with Crippen LogP contribution in [-0.2, 0) is 11.2 Å². The molecule has 3 nitrogen and oxygen atoms in total. The van der Waals surface area contributed by atoms with E-state index in [1.54, 1.807) is 0 Å². The number of hydrogen-bond acceptors (Lipinski definition) is 3. The number of rotatable bonds is 8. The summed E-state index contributed by atoms with van der Waals surface area (Å²) in [6, 6.07) is 10.8. The minimum absolute atomic E-state index is 0.334. The van der Waals surface area contributed by atoms with Gasteiger partial charge in [0.25, 0.3) is 0 Å². The first-order valence-corrected chi connectivity index (χ1v) is 10.8. The first-order valence-electron chi connectivity index (χ1n) is 10.8. The average Bonchev–Trinajstić information content (AvgIpc) is 3.27. The summed E-state index contributed by atoms with van der Waals surface area (Å²) in [4.78, 5) is 2.42. The fraction of sp³-hybridized carbons (Fsp3) is 0.739. The molecule has 2 bridgehead atoms. The van der Waals surface area contributed by atoms with Crippen LogP contribution >= 0.6 is 0 Å². The Morgan fingerprint density at radius 2 is 1.85 bits per heavy atom. The lowest BCUT2D eigenvalue weighted by Crippen LogP contribution is -2.40. The van der Waals surface area contributed by atoms with Crippen molar-refractivity contribution in [1.82, 2.24) is 4.90 Å². The van der Waals surface area contributed by atoms with Gasteiger partial charge in [0, 0.05) is 13.2 Å². The zero-order valence-corrected chi connectivity index (χ0v) is 16.1. The Kier molecular flexibility index (Phi) is 6.29. The van der Waals surface area contributed by atoms with E-state index >= 15 is 0 Å². The largest absolute Gasteiger partial charge is 0.389 e. The molecule has 0 amide bonds. The van der Waals surface area contributed by atoms with Crippen LogP contribution in [0.3, 0.4) is 0 Å². The average molecular weight is 358 g/mol. The Labute approximate surface area is 158 Å². The maximum Gasteiger partial charge on any atom is 0.0900 e. The molecule has 0 spiro atoms. The fourth-order valence-electron chi connectivity index (χ4n) is 5.61. The summed E-state index contributed by atoms with van der Waals surface area (Å²) in [6.07, 6.45) is 9.03. The third-order valence-corrected chi connectivity index (χ3v) is 7.07. The van der Waals surface area contributed by atoms with Crippen LogP contribution in [0.1, 0.15) is 44.1 Å². The van der Waals surface area contributed by atoms with Gasteiger partial charge in [-0.3, -0.25) is 0 Å². The molecule has 1 aliphatic heterocycles. The van der Waals surface area contributed by atoms with Crippen molar-refractivity contribution in [1.29, 1.82) is 0 Å². The number of benzene rings is 1. The Hall–Kier alpha value is -0.900. The molecule has 26 heavy (non-hydrogen) atoms. The van der Waals surface area contributed by atoms with Gasteiger partial charge in [-0.05, 0) is 80.8 Å². The normalized spacial score (nSPS) is 30.7. The summed E-state index contributed by atoms with van der Waals surface area (Å²) in [7, 11) is 0. The first kappa shape index (κ1) is 18.5. The zero-order chi connectivity index (χ0) is 17.8. The molecule has 1 heterocycles. The molecule has 0 aromatic heterocycles. The maximum atomic E-state index is 10.3. The van der Waals surface area contributed by atoms with Crippen molar-refractivity contribution in [3.63, 3.8) is 0 Å². The molecular weight excluding hydrogens is 322 g/mol. The monoisotopic (exact) mass is 357 g/mol. The van der Waals surface area contributed by atoms with Crippen LogP contribution in [0.5, 0.6) is 0 Å². The molecule has 4 rings (SSSR count). The lowest BCUT2D eigenvalue weighted by molar-refractivity contribution is -0.00629. The second-order valence-corrected chi connectivity index (χ2v) is 9.06. The zero-order valence-electron chi connectivity index (χ0n) is 16.1. The standard InChI is InChI=1S/C23H35NO2/c25-23(17-26-16-22-14-20-6-7-21(22)13-20)15-24-10-8-19(9-11-24)12-18-4-2-1-3-5-18/h1-5,19-23,25H,6-17H2/t20-,21-,22+,23+/m0/s1. The van der Waals surface area contributed by atoms with Crippen molar-refractivity contribution in [2.45, 2.75) is 51.0 Å². The van der Waals surface area contributed by atoms with Gasteiger partial charge in [0.2, 0.25) is 0 Å². The molecule has 3 aliphatic rings. The molecule has 2 aliphatic carbocycles. The van der Waals surface area contributed by atoms with Crippen LogP contribution in [0.4, 0.5) is 0 Å². The SMILES string of the molecule is O[C@@H](COC[C@H]1C[C@H]2CC[C@H]1C2)CN1CCC(Cc2ccccc2)CC1. The molecule has 0 unspecified atom stereocenters. The number of piperidine rings is 1. The van der Waals surface area contributed by atoms with Crippen LogP contribution in [0, 0.1) is 23.7 Å². The van der Waals surface area contributed by atoms with Gasteiger partial charge >= 0.3 is 0 Å². The van der Waals surface area contributed by atoms with Gasteiger partial charge < -0.3 is 14.7 Å². The molecule has 2 saturated carbocycles. The predicted octanol–water partition coefficient (Wildman–Crippen LogP) is 3.75. The molecule has 3 fully saturated rings. The number of nitrogens with zero attached hydrogens (tertiary/aromatic N) is 1. The number of aliphatic hydroxyl groups excluding tert-OH is 1. The van der Waals surface area contributed by atoms with Crippen LogP contribution in [0.15, 0.2) is 30.3 Å². The first-order chi connectivity index (χ1) is 12.8. The summed E-state index contributed by atoms with van der Waals surface area (Å²) >= 11 is 0. The van der Waals surface area contributed by atoms with Crippen LogP contribution < -0.4 is 0 Å². The van der Waals surface area contributed by atoms with E-state index in [-0.39, 0.29) is 6.10 Å². The summed E-state index contributed by atoms with van der Waals surface area (Å²) in [5.41, 5.74) is 1.46. The molecule has 1 aromatic carbocycles. The Balaban J connectivity index is 1.10. The van der Waals surface area contributed by atoms with E-state index in [1.807, 2.05) is 0 Å². The summed E-state index contributed by atoms with van der Waals surface area (Å²) in [6.45, 7) is 4.38. The lowest BCUT2D eigenvalue weighted by Gasteiger charge is -2.33. The molecule has 1 aromatic rings. The quantitative estimate of drug-likeness (QED) is 0.769. The van der Waals surface area contributed by atoms with Gasteiger partial charge in [0.1, 0.15) is 0 Å². The van der Waals surface area contributed by atoms with Crippen LogP contribution in [0.25, 0.3) is 0 Å². The number of fused-ring (bicyclic) bond motifs is 2. The number of likely N-dealkylation sites (tertiary alicyclic amines) is 1. The molecule has 1 saturated heterocycles. The van der Waals surface area contributed by atoms with Crippen LogP contribution in [0.2, 0.25) is 0 Å². The van der Waals surface area contributed by atoms with E-state index in [2.05, 4.69) is 35.2 Å². The van der Waals surface area contributed by atoms with Crippen molar-refractivity contribution >= 4 is 0 Å². The minimum Gasteiger partial charge on any atom is -0.389 e. The van der Waals surface area contributed by atoms with Crippen LogP contribution in [-0.4, -0.2) is 49.0 Å². The summed E-state index contributed by atoms with van der Waals surface area (Å²) in [5, 5.41) is 10.3. The number of ether oxygens (including phenoxy) is 1. The molecule has 4 atom stereocenters. The smallest absolute Gasteiger partial charge is 0.0900 e. The van der Waals surface area contributed by atoms with Gasteiger partial charge in [-0.15, -0.1) is 0 Å². The van der Waals surface area contributed by atoms with Gasteiger partial charge in [-0.2, -0.15) is 0 Å². The highest BCUT2D eigenvalue weighted by Crippen LogP contribution is 2.48. The molecule has 0 radical (unpaired) electrons. The third kappa shape index (κ3) is 4.88. The molecular formula is C23H35NO2. The second-order valence-electron chi connectivity index (χ2n) is 9.06. The Bertz CT molecular complexity index is 540. The predicted molar refractivity (Wildman–Crippen MR) is 105 cm³/mol. The second kappa shape index (κ2) is 8.86. The fourth-order valence-corrected chi connectivity index (χ4v) is 5.61. The highest BCUT2D eigenvalue weighted by Gasteiger charge is 2.39. The molecule has 1 N–H and O–H groups in total. The summed E-state index contributed by atoms with van der Waals surface area (Å²) in [5.74, 6) is 3.46. The van der Waals surface area contributed by atoms with Crippen molar-refractivity contribution in [3.8, 4) is 0 Å². The highest BCUT2D eigenvalue weighted by atomic mass is 16.5. The Morgan fingerprint density at radius 3 is 2.54 bits per heavy atom. The van der Waals surface area contributed by atoms with E-state index in [9.17, 15) is 5.11 Å². The third-order valence-electron chi connectivity index (χ3n) is 7.07. The number of aliphatic hydroxyl groups is 1. The topological polar surface area (TPSA) is 32.7 Å². The van der Waals surface area contributed by atoms with Gasteiger partial charge in [-0.1, -0.05) is 36.8 Å². The van der Waals surface area contributed by atoms with E-state index in [0.717, 1.165) is 49.9 Å². The van der Waals surface area contributed by atoms with Crippen molar-refractivity contribution in [2.24, 2.45) is 23.7 Å². The highest BCUT2D eigenvalue weighted by molar-refractivity contribution is 5.15. The minimum atomic E-state index is -0.334. The van der Waals surface area contributed by atoms with Crippen molar-refractivity contribution in [2.75, 3.05) is 32.8 Å². The van der Waals surface area contributed by atoms with Gasteiger partial charge in [-0.25, -0.2) is 0 Å². The van der Waals surface area contributed by atoms with E-state index in [0.29, 0.717) is 6.61 Å². The number of hydrogen-bond donors (Lipinski definition) is 1. The van der Waals surface area contributed by atoms with E-state index < -0.39 is 0 Å². The van der Waals surface area contributed by atoms with E-state index in [4.69, 9.17) is 4.74 Å². The van der Waals surface area contributed by atoms with E-state index in [1.165, 1.54) is 50.5 Å². The lowest BCUT2D eigenvalue weighted by atomic mass is 9.89. The van der Waals surface area contributed by atoms with Crippen molar-refractivity contribution < 1.29 is 9.84 Å². The number of β-amino-alcohol motifs (C(OH)–C–C–N with tert-alkyl or cyclic N) is 1. The van der Waals surface area contributed by atoms with Gasteiger partial charge in [0.05, 0.1) is 12.7 Å². The molecule has 3 heteroatoms. The van der Waals surface area contributed by atoms with Crippen molar-refractivity contribution in [3.05, 3.63) is 35.9 Å². The Morgan fingerprint density at radius 1 is 1.04 bits per heavy atom. The maximum absolute atomic E-state index is 10.3. The van der Waals surface area contributed by atoms with Gasteiger partial charge in [0.15, 0.2) is 0 Å². The summed E-state index contributed by atoms with van der Waals surface area (Å²) < 4.78 is 5.90. The molecule has 144 valence electrons.